The summed E-state index contributed by atoms with van der Waals surface area (Å²) in [7, 11) is 0. The van der Waals surface area contributed by atoms with Crippen molar-refractivity contribution in [3.63, 3.8) is 0 Å². The second kappa shape index (κ2) is 9.30. The van der Waals surface area contributed by atoms with E-state index in [-0.39, 0.29) is 5.97 Å². The molecule has 0 bridgehead atoms. The molecular weight excluding hydrogens is 392 g/mol. The zero-order chi connectivity index (χ0) is 23.1. The second-order valence-corrected chi connectivity index (χ2v) is 12.7. The van der Waals surface area contributed by atoms with Gasteiger partial charge in [0.1, 0.15) is 0 Å². The Kier molecular flexibility index (Phi) is 7.00. The van der Waals surface area contributed by atoms with Crippen LogP contribution in [0.4, 0.5) is 0 Å². The van der Waals surface area contributed by atoms with Gasteiger partial charge in [0.15, 0.2) is 0 Å². The highest BCUT2D eigenvalue weighted by molar-refractivity contribution is 5.66. The van der Waals surface area contributed by atoms with E-state index in [1.807, 2.05) is 6.92 Å². The van der Waals surface area contributed by atoms with Gasteiger partial charge < -0.3 is 4.74 Å². The molecule has 180 valence electrons. The van der Waals surface area contributed by atoms with Crippen molar-refractivity contribution < 1.29 is 9.53 Å². The van der Waals surface area contributed by atoms with Gasteiger partial charge in [-0.3, -0.25) is 4.79 Å². The average Bonchev–Trinajstić information content (AvgIpc) is 3.12. The first-order valence-electron chi connectivity index (χ1n) is 13.7. The molecule has 1 unspecified atom stereocenters. The zero-order valence-corrected chi connectivity index (χ0v) is 21.6. The molecule has 4 rings (SSSR count). The maximum atomic E-state index is 11.1. The first kappa shape index (κ1) is 24.1. The van der Waals surface area contributed by atoms with Crippen LogP contribution in [0.5, 0.6) is 0 Å². The molecule has 8 atom stereocenters. The lowest BCUT2D eigenvalue weighted by Gasteiger charge is -2.61. The lowest BCUT2D eigenvalue weighted by atomic mass is 9.44. The van der Waals surface area contributed by atoms with Crippen LogP contribution in [0.25, 0.3) is 0 Å². The van der Waals surface area contributed by atoms with Crippen LogP contribution < -0.4 is 0 Å². The third kappa shape index (κ3) is 4.25. The molecule has 0 heterocycles. The highest BCUT2D eigenvalue weighted by atomic mass is 16.5. The molecule has 0 aromatic carbocycles. The molecule has 0 N–H and O–H groups in total. The van der Waals surface area contributed by atoms with E-state index in [1.54, 1.807) is 6.26 Å². The van der Waals surface area contributed by atoms with Gasteiger partial charge in [-0.05, 0) is 129 Å². The minimum atomic E-state index is -0.262. The number of carbonyl (C=O) groups is 1. The average molecular weight is 441 g/mol. The predicted molar refractivity (Wildman–Crippen MR) is 133 cm³/mol. The van der Waals surface area contributed by atoms with E-state index in [0.717, 1.165) is 53.1 Å². The van der Waals surface area contributed by atoms with Gasteiger partial charge in [-0.15, -0.1) is 0 Å². The number of hydrogen-bond acceptors (Lipinski definition) is 2. The molecule has 2 heteroatoms. The maximum absolute atomic E-state index is 11.1. The summed E-state index contributed by atoms with van der Waals surface area (Å²) < 4.78 is 5.05. The van der Waals surface area contributed by atoms with Crippen molar-refractivity contribution in [3.05, 3.63) is 24.0 Å². The lowest BCUT2D eigenvalue weighted by molar-refractivity contribution is -0.135. The van der Waals surface area contributed by atoms with Crippen LogP contribution in [0.1, 0.15) is 112 Å². The topological polar surface area (TPSA) is 26.3 Å². The molecule has 4 fully saturated rings. The Labute approximate surface area is 197 Å². The summed E-state index contributed by atoms with van der Waals surface area (Å²) in [4.78, 5) is 11.1. The summed E-state index contributed by atoms with van der Waals surface area (Å²) in [5, 5.41) is 0. The van der Waals surface area contributed by atoms with Crippen molar-refractivity contribution in [2.24, 2.45) is 46.3 Å². The van der Waals surface area contributed by atoms with Crippen molar-refractivity contribution in [1.82, 2.24) is 0 Å². The Morgan fingerprint density at radius 3 is 2.50 bits per heavy atom. The van der Waals surface area contributed by atoms with Crippen LogP contribution in [0.3, 0.4) is 0 Å². The summed E-state index contributed by atoms with van der Waals surface area (Å²) in [6.07, 6.45) is 18.6. The van der Waals surface area contributed by atoms with Crippen molar-refractivity contribution in [2.75, 3.05) is 0 Å². The fourth-order valence-corrected chi connectivity index (χ4v) is 9.33. The van der Waals surface area contributed by atoms with Crippen molar-refractivity contribution in [2.45, 2.75) is 112 Å². The van der Waals surface area contributed by atoms with E-state index < -0.39 is 0 Å². The van der Waals surface area contributed by atoms with Crippen molar-refractivity contribution >= 4 is 5.97 Å². The molecule has 4 saturated carbocycles. The van der Waals surface area contributed by atoms with Crippen LogP contribution in [-0.2, 0) is 9.53 Å². The minimum Gasteiger partial charge on any atom is -0.434 e. The Hall–Kier alpha value is -1.05. The molecule has 4 aliphatic carbocycles. The van der Waals surface area contributed by atoms with Crippen LogP contribution in [0.2, 0.25) is 0 Å². The number of fused-ring (bicyclic) bond motifs is 5. The van der Waals surface area contributed by atoms with Crippen LogP contribution in [-0.4, -0.2) is 5.97 Å². The number of hydrogen-bond donors (Lipinski definition) is 0. The normalized spacial score (nSPS) is 42.4. The zero-order valence-electron chi connectivity index (χ0n) is 21.6. The van der Waals surface area contributed by atoms with Crippen molar-refractivity contribution in [3.8, 4) is 0 Å². The molecule has 0 aliphatic heterocycles. The minimum absolute atomic E-state index is 0.262. The van der Waals surface area contributed by atoms with Gasteiger partial charge in [-0.2, -0.15) is 0 Å². The molecule has 0 aromatic heterocycles. The van der Waals surface area contributed by atoms with Gasteiger partial charge in [-0.1, -0.05) is 40.2 Å². The van der Waals surface area contributed by atoms with Gasteiger partial charge in [0.05, 0.1) is 6.26 Å². The van der Waals surface area contributed by atoms with E-state index in [9.17, 15) is 4.79 Å². The third-order valence-electron chi connectivity index (χ3n) is 11.2. The molecule has 0 saturated heterocycles. The first-order valence-corrected chi connectivity index (χ1v) is 13.7. The summed E-state index contributed by atoms with van der Waals surface area (Å²) in [5.41, 5.74) is 3.31. The smallest absolute Gasteiger partial charge is 0.307 e. The molecule has 0 radical (unpaired) electrons. The number of carbonyl (C=O) groups excluding carboxylic acids is 1. The van der Waals surface area contributed by atoms with E-state index >= 15 is 0 Å². The molecule has 32 heavy (non-hydrogen) atoms. The number of allylic oxidation sites excluding steroid dienone is 2. The third-order valence-corrected chi connectivity index (χ3v) is 11.2. The lowest BCUT2D eigenvalue weighted by Crippen LogP contribution is -2.53. The largest absolute Gasteiger partial charge is 0.434 e. The number of esters is 1. The molecule has 0 spiro atoms. The van der Waals surface area contributed by atoms with Crippen molar-refractivity contribution in [1.29, 1.82) is 0 Å². The van der Waals surface area contributed by atoms with Gasteiger partial charge >= 0.3 is 5.97 Å². The summed E-state index contributed by atoms with van der Waals surface area (Å²) in [6, 6.07) is 0. The molecule has 0 amide bonds. The quantitative estimate of drug-likeness (QED) is 0.235. The van der Waals surface area contributed by atoms with Gasteiger partial charge in [0.2, 0.25) is 0 Å². The molecule has 0 aromatic rings. The highest BCUT2D eigenvalue weighted by Gasteiger charge is 2.60. The monoisotopic (exact) mass is 440 g/mol. The van der Waals surface area contributed by atoms with E-state index in [0.29, 0.717) is 10.8 Å². The molecule has 4 aliphatic rings. The van der Waals surface area contributed by atoms with Crippen LogP contribution in [0.15, 0.2) is 24.0 Å². The summed E-state index contributed by atoms with van der Waals surface area (Å²) >= 11 is 0. The maximum Gasteiger partial charge on any atom is 0.307 e. The van der Waals surface area contributed by atoms with Gasteiger partial charge in [0.25, 0.3) is 0 Å². The fourth-order valence-electron chi connectivity index (χ4n) is 9.33. The molecular formula is C30H48O2. The first-order chi connectivity index (χ1) is 15.2. The second-order valence-electron chi connectivity index (χ2n) is 12.7. The fraction of sp³-hybridized carbons (Fsp3) is 0.833. The Balaban J connectivity index is 1.40. The Bertz CT molecular complexity index is 750. The van der Waals surface area contributed by atoms with Crippen LogP contribution in [0, 0.1) is 46.3 Å². The molecule has 2 nitrogen and oxygen atoms in total. The summed E-state index contributed by atoms with van der Waals surface area (Å²) in [5.74, 6) is 5.31. The van der Waals surface area contributed by atoms with Gasteiger partial charge in [-0.25, -0.2) is 0 Å². The standard InChI is InChI=1S/C30H48O2/c1-20(22(3)19-32-23(4)31)10-11-21(2)26-14-15-27-25-13-12-24-9-7-8-17-29(24,5)28(25)16-18-30(26,27)6/h19,21,24-28H,1,7-18H2,2-6H3/t21-,24?,25+,26-,27+,28+,29+,30-/m1/s1. The Morgan fingerprint density at radius 1 is 1.00 bits per heavy atom. The van der Waals surface area contributed by atoms with Gasteiger partial charge in [0, 0.05) is 6.92 Å². The predicted octanol–water partition coefficient (Wildman–Crippen LogP) is 8.47. The van der Waals surface area contributed by atoms with E-state index in [1.165, 1.54) is 77.6 Å². The van der Waals surface area contributed by atoms with E-state index in [4.69, 9.17) is 4.74 Å². The highest BCUT2D eigenvalue weighted by Crippen LogP contribution is 2.68. The SMILES string of the molecule is C=C(CC[C@@H](C)[C@H]1CC[C@H]2[C@@H]3CCC4CCCC[C@]4(C)[C@H]3CC[C@]12C)C(C)=COC(C)=O. The van der Waals surface area contributed by atoms with E-state index in [2.05, 4.69) is 27.4 Å². The number of rotatable bonds is 6. The number of ether oxygens (including phenoxy) is 1. The Morgan fingerprint density at radius 2 is 1.75 bits per heavy atom. The summed E-state index contributed by atoms with van der Waals surface area (Å²) in [6.45, 7) is 15.6. The van der Waals surface area contributed by atoms with Crippen LogP contribution >= 0.6 is 0 Å².